The number of fused-ring (bicyclic) bond motifs is 1. The van der Waals surface area contributed by atoms with Crippen LogP contribution in [-0.4, -0.2) is 37.0 Å². The van der Waals surface area contributed by atoms with Crippen molar-refractivity contribution < 1.29 is 23.8 Å². The Labute approximate surface area is 187 Å². The number of Topliss-reactive ketones (excluding diaryl/α,β-unsaturated/α-hetero) is 1. The molecule has 5 rings (SSSR count). The molecule has 1 unspecified atom stereocenters. The molecule has 0 bridgehead atoms. The number of aliphatic hydroxyl groups is 1. The number of rotatable bonds is 3. The molecule has 162 valence electrons. The lowest BCUT2D eigenvalue weighted by atomic mass is 9.99. The van der Waals surface area contributed by atoms with Crippen molar-refractivity contribution in [2.45, 2.75) is 6.04 Å². The van der Waals surface area contributed by atoms with Gasteiger partial charge in [0.1, 0.15) is 30.0 Å². The molecule has 6 nitrogen and oxygen atoms in total. The van der Waals surface area contributed by atoms with Crippen molar-refractivity contribution in [2.75, 3.05) is 30.0 Å². The monoisotopic (exact) mass is 450 g/mol. The van der Waals surface area contributed by atoms with E-state index in [1.807, 2.05) is 17.3 Å². The van der Waals surface area contributed by atoms with Crippen LogP contribution in [-0.2, 0) is 9.59 Å². The van der Waals surface area contributed by atoms with E-state index >= 15 is 0 Å². The first-order valence-electron chi connectivity index (χ1n) is 10.0. The van der Waals surface area contributed by atoms with E-state index < -0.39 is 23.5 Å². The van der Waals surface area contributed by atoms with Crippen LogP contribution in [0.5, 0.6) is 5.75 Å². The Bertz CT molecular complexity index is 1250. The third-order valence-corrected chi connectivity index (χ3v) is 6.60. The SMILES string of the molecule is CN1CCOc2ccc(/C(O)=C3/C(=O)C(=O)N(c4cccc(F)c4)C3c3cccs3)cc21. The Morgan fingerprint density at radius 3 is 2.75 bits per heavy atom. The lowest BCUT2D eigenvalue weighted by molar-refractivity contribution is -0.132. The number of hydrogen-bond donors (Lipinski definition) is 1. The number of benzene rings is 2. The van der Waals surface area contributed by atoms with Crippen LogP contribution in [0.2, 0.25) is 0 Å². The van der Waals surface area contributed by atoms with Gasteiger partial charge >= 0.3 is 0 Å². The number of carbonyl (C=O) groups excluding carboxylic acids is 2. The van der Waals surface area contributed by atoms with E-state index in [4.69, 9.17) is 4.74 Å². The molecular weight excluding hydrogens is 431 g/mol. The first-order chi connectivity index (χ1) is 15.5. The summed E-state index contributed by atoms with van der Waals surface area (Å²) in [5.74, 6) is -1.73. The van der Waals surface area contributed by atoms with Gasteiger partial charge in [0, 0.05) is 23.2 Å². The Morgan fingerprint density at radius 2 is 2.00 bits per heavy atom. The van der Waals surface area contributed by atoms with Gasteiger partial charge in [-0.2, -0.15) is 0 Å². The van der Waals surface area contributed by atoms with E-state index in [9.17, 15) is 19.1 Å². The lowest BCUT2D eigenvalue weighted by Crippen LogP contribution is -2.29. The fourth-order valence-corrected chi connectivity index (χ4v) is 4.92. The molecule has 1 saturated heterocycles. The number of hydrogen-bond acceptors (Lipinski definition) is 6. The fourth-order valence-electron chi connectivity index (χ4n) is 4.09. The Hall–Kier alpha value is -3.65. The van der Waals surface area contributed by atoms with Crippen LogP contribution in [0.15, 0.2) is 65.6 Å². The van der Waals surface area contributed by atoms with Crippen LogP contribution in [0.1, 0.15) is 16.5 Å². The second kappa shape index (κ2) is 7.80. The highest BCUT2D eigenvalue weighted by Crippen LogP contribution is 2.44. The topological polar surface area (TPSA) is 70.1 Å². The van der Waals surface area contributed by atoms with Gasteiger partial charge in [-0.1, -0.05) is 12.1 Å². The average Bonchev–Trinajstić information content (AvgIpc) is 3.40. The summed E-state index contributed by atoms with van der Waals surface area (Å²) in [6.07, 6.45) is 0. The van der Waals surface area contributed by atoms with Gasteiger partial charge < -0.3 is 14.7 Å². The van der Waals surface area contributed by atoms with Crippen molar-refractivity contribution in [3.63, 3.8) is 0 Å². The molecule has 2 aromatic carbocycles. The minimum absolute atomic E-state index is 0.0268. The van der Waals surface area contributed by atoms with Crippen LogP contribution in [0.25, 0.3) is 5.76 Å². The van der Waals surface area contributed by atoms with Crippen LogP contribution in [0, 0.1) is 5.82 Å². The van der Waals surface area contributed by atoms with Crippen LogP contribution in [0.3, 0.4) is 0 Å². The van der Waals surface area contributed by atoms with Gasteiger partial charge in [-0.25, -0.2) is 4.39 Å². The number of carbonyl (C=O) groups is 2. The summed E-state index contributed by atoms with van der Waals surface area (Å²) in [7, 11) is 1.92. The summed E-state index contributed by atoms with van der Waals surface area (Å²) < 4.78 is 19.6. The van der Waals surface area contributed by atoms with E-state index in [1.165, 1.54) is 34.4 Å². The number of ether oxygens (including phenoxy) is 1. The van der Waals surface area contributed by atoms with Crippen LogP contribution >= 0.6 is 11.3 Å². The van der Waals surface area contributed by atoms with E-state index in [-0.39, 0.29) is 17.0 Å². The number of amides is 1. The molecule has 1 atom stereocenters. The zero-order valence-corrected chi connectivity index (χ0v) is 17.9. The highest BCUT2D eigenvalue weighted by molar-refractivity contribution is 7.10. The number of likely N-dealkylation sites (N-methyl/N-ethyl adjacent to an activating group) is 1. The zero-order chi connectivity index (χ0) is 22.4. The third kappa shape index (κ3) is 3.23. The highest BCUT2D eigenvalue weighted by Gasteiger charge is 2.47. The van der Waals surface area contributed by atoms with Crippen molar-refractivity contribution in [3.05, 3.63) is 81.8 Å². The third-order valence-electron chi connectivity index (χ3n) is 5.67. The molecule has 1 fully saturated rings. The minimum atomic E-state index is -0.859. The fraction of sp³-hybridized carbons (Fsp3) is 0.167. The number of anilines is 2. The van der Waals surface area contributed by atoms with Gasteiger partial charge in [0.05, 0.1) is 17.8 Å². The summed E-state index contributed by atoms with van der Waals surface area (Å²) in [6, 6.07) is 13.4. The number of halogens is 1. The van der Waals surface area contributed by atoms with Gasteiger partial charge in [0.25, 0.3) is 11.7 Å². The predicted octanol–water partition coefficient (Wildman–Crippen LogP) is 4.34. The standard InChI is InChI=1S/C24H19FN2O4S/c1-26-9-10-31-18-8-7-14(12-17(18)26)22(28)20-21(19-6-3-11-32-19)27(24(30)23(20)29)16-5-2-4-15(25)13-16/h2-8,11-13,21,28H,9-10H2,1H3/b22-20-. The molecule has 0 saturated carbocycles. The van der Waals surface area contributed by atoms with Gasteiger partial charge in [0.15, 0.2) is 0 Å². The second-order valence-corrected chi connectivity index (χ2v) is 8.60. The molecule has 3 heterocycles. The lowest BCUT2D eigenvalue weighted by Gasteiger charge is -2.28. The van der Waals surface area contributed by atoms with Crippen LogP contribution < -0.4 is 14.5 Å². The highest BCUT2D eigenvalue weighted by atomic mass is 32.1. The molecular formula is C24H19FN2O4S. The molecule has 32 heavy (non-hydrogen) atoms. The van der Waals surface area contributed by atoms with Crippen molar-refractivity contribution in [2.24, 2.45) is 0 Å². The Kier molecular flexibility index (Phi) is 4.94. The van der Waals surface area contributed by atoms with E-state index in [0.29, 0.717) is 29.3 Å². The molecule has 3 aromatic rings. The van der Waals surface area contributed by atoms with E-state index in [2.05, 4.69) is 0 Å². The molecule has 2 aliphatic rings. The molecule has 2 aliphatic heterocycles. The summed E-state index contributed by atoms with van der Waals surface area (Å²) >= 11 is 1.35. The smallest absolute Gasteiger partial charge is 0.300 e. The first kappa shape index (κ1) is 20.3. The minimum Gasteiger partial charge on any atom is -0.507 e. The molecule has 1 aromatic heterocycles. The summed E-state index contributed by atoms with van der Waals surface area (Å²) in [6.45, 7) is 1.25. The first-order valence-corrected chi connectivity index (χ1v) is 10.9. The molecule has 0 radical (unpaired) electrons. The molecule has 1 N–H and O–H groups in total. The maximum atomic E-state index is 13.9. The Balaban J connectivity index is 1.68. The van der Waals surface area contributed by atoms with Gasteiger partial charge in [-0.05, 0) is 47.8 Å². The second-order valence-electron chi connectivity index (χ2n) is 7.62. The maximum absolute atomic E-state index is 13.9. The molecule has 0 spiro atoms. The summed E-state index contributed by atoms with van der Waals surface area (Å²) in [5.41, 5.74) is 1.41. The van der Waals surface area contributed by atoms with E-state index in [0.717, 1.165) is 5.69 Å². The molecule has 8 heteroatoms. The molecule has 1 amide bonds. The van der Waals surface area contributed by atoms with Gasteiger partial charge in [-0.3, -0.25) is 14.5 Å². The Morgan fingerprint density at radius 1 is 1.16 bits per heavy atom. The summed E-state index contributed by atoms with van der Waals surface area (Å²) in [5, 5.41) is 13.1. The summed E-state index contributed by atoms with van der Waals surface area (Å²) in [4.78, 5) is 30.1. The number of ketones is 1. The zero-order valence-electron chi connectivity index (χ0n) is 17.1. The van der Waals surface area contributed by atoms with Crippen molar-refractivity contribution >= 4 is 40.2 Å². The number of aliphatic hydroxyl groups excluding tert-OH is 1. The van der Waals surface area contributed by atoms with Crippen molar-refractivity contribution in [1.82, 2.24) is 0 Å². The van der Waals surface area contributed by atoms with Crippen LogP contribution in [0.4, 0.5) is 15.8 Å². The quantitative estimate of drug-likeness (QED) is 0.365. The maximum Gasteiger partial charge on any atom is 0.300 e. The molecule has 0 aliphatic carbocycles. The van der Waals surface area contributed by atoms with Gasteiger partial charge in [0.2, 0.25) is 0 Å². The van der Waals surface area contributed by atoms with Gasteiger partial charge in [-0.15, -0.1) is 11.3 Å². The van der Waals surface area contributed by atoms with Crippen molar-refractivity contribution in [3.8, 4) is 5.75 Å². The number of nitrogens with zero attached hydrogens (tertiary/aromatic N) is 2. The normalized spacial score (nSPS) is 19.8. The predicted molar refractivity (Wildman–Crippen MR) is 121 cm³/mol. The largest absolute Gasteiger partial charge is 0.507 e. The number of thiophene rings is 1. The van der Waals surface area contributed by atoms with Crippen molar-refractivity contribution in [1.29, 1.82) is 0 Å². The average molecular weight is 450 g/mol. The van der Waals surface area contributed by atoms with E-state index in [1.54, 1.807) is 36.4 Å².